The lowest BCUT2D eigenvalue weighted by Crippen LogP contribution is -2.44. The molecule has 228 valence electrons. The van der Waals surface area contributed by atoms with E-state index in [2.05, 4.69) is 19.8 Å². The van der Waals surface area contributed by atoms with Gasteiger partial charge < -0.3 is 34.2 Å². The Morgan fingerprint density at radius 1 is 1.02 bits per heavy atom. The number of nitrogens with two attached hydrogens (primary N) is 1. The number of guanidine groups is 1. The summed E-state index contributed by atoms with van der Waals surface area (Å²) in [4.78, 5) is 30.6. The Morgan fingerprint density at radius 2 is 1.67 bits per heavy atom. The van der Waals surface area contributed by atoms with Crippen LogP contribution in [0.5, 0.6) is 5.75 Å². The number of methoxy groups -OCH3 is 1. The molecule has 0 radical (unpaired) electrons. The lowest BCUT2D eigenvalue weighted by atomic mass is 10.0. The minimum absolute atomic E-state index is 0.0246. The highest BCUT2D eigenvalue weighted by atomic mass is 19.4. The van der Waals surface area contributed by atoms with Crippen molar-refractivity contribution in [1.82, 2.24) is 10.1 Å². The van der Waals surface area contributed by atoms with Gasteiger partial charge in [0.2, 0.25) is 5.96 Å². The number of esters is 1. The van der Waals surface area contributed by atoms with Gasteiger partial charge in [0.1, 0.15) is 17.2 Å². The van der Waals surface area contributed by atoms with Crippen LogP contribution < -0.4 is 10.5 Å². The van der Waals surface area contributed by atoms with Gasteiger partial charge in [-0.05, 0) is 67.2 Å². The molecule has 2 aromatic carbocycles. The molecule has 1 aliphatic carbocycles. The van der Waals surface area contributed by atoms with Gasteiger partial charge in [0.15, 0.2) is 0 Å². The molecule has 5 rings (SSSR count). The zero-order valence-corrected chi connectivity index (χ0v) is 23.1. The number of oxime groups is 1. The molecule has 1 aliphatic heterocycles. The number of carbonyl (C=O) groups is 2. The summed E-state index contributed by atoms with van der Waals surface area (Å²) in [7, 11) is 1.26. The second kappa shape index (κ2) is 12.7. The first-order valence-electron chi connectivity index (χ1n) is 13.6. The summed E-state index contributed by atoms with van der Waals surface area (Å²) in [5.74, 6) is -0.837. The molecule has 3 aromatic rings. The maximum absolute atomic E-state index is 13.0. The summed E-state index contributed by atoms with van der Waals surface area (Å²) in [5, 5.41) is 7.86. The van der Waals surface area contributed by atoms with E-state index < -0.39 is 18.3 Å². The summed E-state index contributed by atoms with van der Waals surface area (Å²) < 4.78 is 59.7. The smallest absolute Gasteiger partial charge is 0.465 e. The van der Waals surface area contributed by atoms with E-state index >= 15 is 0 Å². The molecule has 43 heavy (non-hydrogen) atoms. The first kappa shape index (κ1) is 29.9. The number of piperidine rings is 1. The van der Waals surface area contributed by atoms with E-state index in [1.54, 1.807) is 11.0 Å². The van der Waals surface area contributed by atoms with Crippen molar-refractivity contribution in [3.63, 3.8) is 0 Å². The highest BCUT2D eigenvalue weighted by Gasteiger charge is 2.36. The van der Waals surface area contributed by atoms with Gasteiger partial charge >= 0.3 is 18.3 Å². The number of benzene rings is 2. The lowest BCUT2D eigenvalue weighted by molar-refractivity contribution is -0.274. The zero-order valence-electron chi connectivity index (χ0n) is 23.1. The van der Waals surface area contributed by atoms with E-state index in [1.807, 2.05) is 0 Å². The van der Waals surface area contributed by atoms with E-state index in [-0.39, 0.29) is 52.7 Å². The van der Waals surface area contributed by atoms with Crippen LogP contribution in [0.3, 0.4) is 0 Å². The number of likely N-dealkylation sites (tertiary alicyclic amines) is 1. The molecule has 11 nitrogen and oxygen atoms in total. The van der Waals surface area contributed by atoms with Gasteiger partial charge in [0.25, 0.3) is 0 Å². The largest absolute Gasteiger partial charge is 0.573 e. The molecule has 1 saturated heterocycles. The standard InChI is InChI=1S/C29H29F3N4O7/c1-39-26(37)18-8-10-19(11-9-18)27(38)43-35-28(33)36-14-12-20(13-15-36)40-16-22-24(34-42-25(22)17-6-7-17)21-4-2-3-5-23(21)41-29(30,31)32/h2-5,8-11,17,20H,6-7,12-16H2,1H3,(H2,33,35). The fourth-order valence-corrected chi connectivity index (χ4v) is 4.73. The van der Waals surface area contributed by atoms with E-state index in [0.29, 0.717) is 37.3 Å². The number of carbonyl (C=O) groups excluding carboxylic acids is 2. The fraction of sp³-hybridized carbons (Fsp3) is 0.379. The normalized spacial score (nSPS) is 16.2. The first-order valence-corrected chi connectivity index (χ1v) is 13.6. The number of nitrogens with zero attached hydrogens (tertiary/aromatic N) is 3. The van der Waals surface area contributed by atoms with Crippen LogP contribution in [0.1, 0.15) is 63.6 Å². The molecule has 2 heterocycles. The summed E-state index contributed by atoms with van der Waals surface area (Å²) >= 11 is 0. The van der Waals surface area contributed by atoms with E-state index in [9.17, 15) is 22.8 Å². The average Bonchev–Trinajstić information content (AvgIpc) is 3.77. The number of hydrogen-bond donors (Lipinski definition) is 1. The second-order valence-electron chi connectivity index (χ2n) is 10.1. The number of aromatic nitrogens is 1. The van der Waals surface area contributed by atoms with Crippen LogP contribution in [0, 0.1) is 0 Å². The first-order chi connectivity index (χ1) is 20.6. The van der Waals surface area contributed by atoms with Crippen molar-refractivity contribution in [2.75, 3.05) is 20.2 Å². The van der Waals surface area contributed by atoms with Gasteiger partial charge in [-0.2, -0.15) is 0 Å². The van der Waals surface area contributed by atoms with E-state index in [4.69, 9.17) is 19.8 Å². The van der Waals surface area contributed by atoms with Crippen LogP contribution in [0.25, 0.3) is 11.3 Å². The van der Waals surface area contributed by atoms with Crippen molar-refractivity contribution in [2.24, 2.45) is 10.9 Å². The van der Waals surface area contributed by atoms with Crippen LogP contribution in [-0.2, 0) is 20.9 Å². The van der Waals surface area contributed by atoms with Crippen molar-refractivity contribution >= 4 is 17.9 Å². The van der Waals surface area contributed by atoms with Crippen molar-refractivity contribution in [3.05, 3.63) is 71.0 Å². The number of para-hydroxylation sites is 1. The molecular weight excluding hydrogens is 573 g/mol. The second-order valence-corrected chi connectivity index (χ2v) is 10.1. The van der Waals surface area contributed by atoms with Crippen LogP contribution in [-0.4, -0.2) is 60.6 Å². The third kappa shape index (κ3) is 7.44. The molecule has 0 amide bonds. The van der Waals surface area contributed by atoms with E-state index in [1.165, 1.54) is 49.6 Å². The van der Waals surface area contributed by atoms with Crippen molar-refractivity contribution in [1.29, 1.82) is 0 Å². The molecular formula is C29H29F3N4O7. The molecule has 2 fully saturated rings. The average molecular weight is 603 g/mol. The monoisotopic (exact) mass is 602 g/mol. The van der Waals surface area contributed by atoms with Crippen molar-refractivity contribution in [2.45, 2.75) is 50.7 Å². The summed E-state index contributed by atoms with van der Waals surface area (Å²) in [6.45, 7) is 1.05. The summed E-state index contributed by atoms with van der Waals surface area (Å²) in [6, 6.07) is 11.5. The number of halogens is 3. The third-order valence-electron chi connectivity index (χ3n) is 7.13. The van der Waals surface area contributed by atoms with Crippen molar-refractivity contribution < 1.29 is 46.3 Å². The molecule has 0 spiro atoms. The lowest BCUT2D eigenvalue weighted by Gasteiger charge is -2.32. The number of hydrogen-bond acceptors (Lipinski definition) is 9. The van der Waals surface area contributed by atoms with Crippen LogP contribution >= 0.6 is 0 Å². The summed E-state index contributed by atoms with van der Waals surface area (Å²) in [6.07, 6.45) is -2.06. The Hall–Kier alpha value is -4.59. The van der Waals surface area contributed by atoms with Crippen LogP contribution in [0.4, 0.5) is 13.2 Å². The predicted molar refractivity (Wildman–Crippen MR) is 145 cm³/mol. The molecule has 14 heteroatoms. The Labute approximate surface area is 244 Å². The SMILES string of the molecule is COC(=O)c1ccc(C(=O)ON=C(N)N2CCC(OCc3c(-c4ccccc4OC(F)(F)F)noc3C3CC3)CC2)cc1. The molecule has 0 unspecified atom stereocenters. The van der Waals surface area contributed by atoms with Crippen LogP contribution in [0.15, 0.2) is 58.2 Å². The van der Waals surface area contributed by atoms with Crippen molar-refractivity contribution in [3.8, 4) is 17.0 Å². The number of rotatable bonds is 9. The molecule has 1 aromatic heterocycles. The van der Waals surface area contributed by atoms with Gasteiger partial charge in [-0.1, -0.05) is 17.3 Å². The number of ether oxygens (including phenoxy) is 3. The van der Waals surface area contributed by atoms with Crippen LogP contribution in [0.2, 0.25) is 0 Å². The maximum atomic E-state index is 13.0. The fourth-order valence-electron chi connectivity index (χ4n) is 4.73. The quantitative estimate of drug-likeness (QED) is 0.117. The molecule has 2 aliphatic rings. The zero-order chi connectivity index (χ0) is 30.6. The topological polar surface area (TPSA) is 139 Å². The minimum atomic E-state index is -4.86. The van der Waals surface area contributed by atoms with Gasteiger partial charge in [-0.3, -0.25) is 0 Å². The molecule has 0 atom stereocenters. The molecule has 1 saturated carbocycles. The number of alkyl halides is 3. The third-order valence-corrected chi connectivity index (χ3v) is 7.13. The Bertz CT molecular complexity index is 1480. The van der Waals surface area contributed by atoms with Gasteiger partial charge in [-0.25, -0.2) is 9.59 Å². The Kier molecular flexibility index (Phi) is 8.85. The highest BCUT2D eigenvalue weighted by Crippen LogP contribution is 2.45. The van der Waals surface area contributed by atoms with Gasteiger partial charge in [0, 0.05) is 30.1 Å². The van der Waals surface area contributed by atoms with E-state index in [0.717, 1.165) is 12.8 Å². The highest BCUT2D eigenvalue weighted by molar-refractivity contribution is 5.93. The predicted octanol–water partition coefficient (Wildman–Crippen LogP) is 4.97. The van der Waals surface area contributed by atoms with Gasteiger partial charge in [-0.15, -0.1) is 13.2 Å². The Balaban J connectivity index is 1.17. The van der Waals surface area contributed by atoms with Gasteiger partial charge in [0.05, 0.1) is 30.9 Å². The molecule has 0 bridgehead atoms. The Morgan fingerprint density at radius 3 is 2.30 bits per heavy atom. The minimum Gasteiger partial charge on any atom is -0.465 e. The maximum Gasteiger partial charge on any atom is 0.573 e. The summed E-state index contributed by atoms with van der Waals surface area (Å²) in [5.41, 5.74) is 7.55. The molecule has 2 N–H and O–H groups in total.